The lowest BCUT2D eigenvalue weighted by Gasteiger charge is -2.34. The molecule has 2 aliphatic heterocycles. The molecular formula is C24H24F4N2O4S. The van der Waals surface area contributed by atoms with Gasteiger partial charge in [0, 0.05) is 30.0 Å². The van der Waals surface area contributed by atoms with Crippen molar-refractivity contribution in [3.63, 3.8) is 0 Å². The van der Waals surface area contributed by atoms with E-state index in [2.05, 4.69) is 4.72 Å². The normalized spacial score (nSPS) is 25.2. The van der Waals surface area contributed by atoms with Gasteiger partial charge >= 0.3 is 5.76 Å². The Morgan fingerprint density at radius 2 is 1.86 bits per heavy atom. The third kappa shape index (κ3) is 4.45. The Morgan fingerprint density at radius 1 is 1.17 bits per heavy atom. The summed E-state index contributed by atoms with van der Waals surface area (Å²) in [6.07, 6.45) is 0.567. The number of likely N-dealkylation sites (tertiary alicyclic amines) is 1. The van der Waals surface area contributed by atoms with Crippen LogP contribution in [0, 0.1) is 17.0 Å². The highest BCUT2D eigenvalue weighted by molar-refractivity contribution is 7.89. The Morgan fingerprint density at radius 3 is 2.43 bits per heavy atom. The van der Waals surface area contributed by atoms with Gasteiger partial charge < -0.3 is 9.64 Å². The molecule has 1 amide bonds. The third-order valence-electron chi connectivity index (χ3n) is 7.23. The van der Waals surface area contributed by atoms with Crippen LogP contribution in [0.1, 0.15) is 24.8 Å². The zero-order chi connectivity index (χ0) is 25.0. The molecule has 0 bridgehead atoms. The summed E-state index contributed by atoms with van der Waals surface area (Å²) < 4.78 is 88.3. The highest BCUT2D eigenvalue weighted by atomic mass is 32.2. The average Bonchev–Trinajstić information content (AvgIpc) is 3.50. The number of nitrogens with one attached hydrogen (secondary N) is 1. The highest BCUT2D eigenvalue weighted by Gasteiger charge is 2.62. The van der Waals surface area contributed by atoms with Gasteiger partial charge in [-0.1, -0.05) is 30.3 Å². The fourth-order valence-electron chi connectivity index (χ4n) is 5.14. The molecule has 1 saturated carbocycles. The molecule has 5 rings (SSSR count). The standard InChI is InChI=1S/C24H24F4N2O4S/c25-16-10-15(20(26)17(12-16)14-4-2-1-3-5-14)11-18-21(29-35(32,33)23(27)28)24(7-8-24)13-30(18)22(31)19-6-9-34-19/h1-5,10,12,18-19,21,23,29H,6-9,11,13H2/t18-,19+,21+/m0/s1. The van der Waals surface area contributed by atoms with Crippen molar-refractivity contribution in [1.82, 2.24) is 9.62 Å². The van der Waals surface area contributed by atoms with E-state index in [0.29, 0.717) is 31.4 Å². The minimum Gasteiger partial charge on any atom is -0.368 e. The summed E-state index contributed by atoms with van der Waals surface area (Å²) in [7, 11) is -4.99. The summed E-state index contributed by atoms with van der Waals surface area (Å²) >= 11 is 0. The number of carbonyl (C=O) groups excluding carboxylic acids is 1. The van der Waals surface area contributed by atoms with Gasteiger partial charge in [0.25, 0.3) is 15.9 Å². The first kappa shape index (κ1) is 24.2. The zero-order valence-electron chi connectivity index (χ0n) is 18.6. The fraction of sp³-hybridized carbons (Fsp3) is 0.458. The Kier molecular flexibility index (Phi) is 6.13. The van der Waals surface area contributed by atoms with Crippen molar-refractivity contribution < 1.29 is 35.5 Å². The smallest absolute Gasteiger partial charge is 0.350 e. The van der Waals surface area contributed by atoms with Crippen LogP contribution in [0.3, 0.4) is 0 Å². The number of halogens is 4. The van der Waals surface area contributed by atoms with Gasteiger partial charge in [-0.25, -0.2) is 21.9 Å². The summed E-state index contributed by atoms with van der Waals surface area (Å²) in [5, 5.41) is 0. The van der Waals surface area contributed by atoms with Crippen molar-refractivity contribution in [3.05, 3.63) is 59.7 Å². The number of hydrogen-bond donors (Lipinski definition) is 1. The van der Waals surface area contributed by atoms with Gasteiger partial charge in [-0.15, -0.1) is 0 Å². The lowest BCUT2D eigenvalue weighted by molar-refractivity contribution is -0.157. The number of alkyl halides is 2. The molecule has 1 spiro atoms. The lowest BCUT2D eigenvalue weighted by Crippen LogP contribution is -2.53. The van der Waals surface area contributed by atoms with E-state index in [0.717, 1.165) is 12.1 Å². The molecule has 3 aliphatic rings. The molecule has 3 fully saturated rings. The van der Waals surface area contributed by atoms with Gasteiger partial charge in [-0.05, 0) is 42.5 Å². The van der Waals surface area contributed by atoms with Gasteiger partial charge in [-0.2, -0.15) is 8.78 Å². The van der Waals surface area contributed by atoms with Crippen LogP contribution in [0.4, 0.5) is 17.6 Å². The predicted octanol–water partition coefficient (Wildman–Crippen LogP) is 3.46. The molecule has 2 aromatic carbocycles. The first-order chi connectivity index (χ1) is 16.6. The van der Waals surface area contributed by atoms with Crippen LogP contribution in [-0.4, -0.2) is 56.3 Å². The monoisotopic (exact) mass is 512 g/mol. The predicted molar refractivity (Wildman–Crippen MR) is 119 cm³/mol. The minimum absolute atomic E-state index is 0.0182. The van der Waals surface area contributed by atoms with Crippen LogP contribution >= 0.6 is 0 Å². The maximum absolute atomic E-state index is 15.6. The Bertz CT molecular complexity index is 1230. The van der Waals surface area contributed by atoms with Crippen LogP contribution in [0.15, 0.2) is 42.5 Å². The molecule has 1 aliphatic carbocycles. The summed E-state index contributed by atoms with van der Waals surface area (Å²) in [4.78, 5) is 14.5. The summed E-state index contributed by atoms with van der Waals surface area (Å²) in [5.41, 5.74) is -0.329. The molecule has 2 saturated heterocycles. The Labute approximate surface area is 200 Å². The molecule has 6 nitrogen and oxygen atoms in total. The quantitative estimate of drug-likeness (QED) is 0.577. The second-order valence-corrected chi connectivity index (χ2v) is 11.1. The van der Waals surface area contributed by atoms with Crippen molar-refractivity contribution in [2.24, 2.45) is 5.41 Å². The Hall–Kier alpha value is -2.50. The fourth-order valence-corrected chi connectivity index (χ4v) is 6.00. The van der Waals surface area contributed by atoms with Gasteiger partial charge in [0.1, 0.15) is 17.7 Å². The van der Waals surface area contributed by atoms with Gasteiger partial charge in [0.05, 0.1) is 12.6 Å². The van der Waals surface area contributed by atoms with Crippen LogP contribution in [0.25, 0.3) is 11.1 Å². The van der Waals surface area contributed by atoms with E-state index >= 15 is 4.39 Å². The number of carbonyl (C=O) groups is 1. The maximum Gasteiger partial charge on any atom is 0.350 e. The average molecular weight is 513 g/mol. The molecule has 1 N–H and O–H groups in total. The summed E-state index contributed by atoms with van der Waals surface area (Å²) in [6, 6.07) is 8.37. The molecule has 0 unspecified atom stereocenters. The Balaban J connectivity index is 1.54. The first-order valence-electron chi connectivity index (χ1n) is 11.4. The number of rotatable bonds is 7. The van der Waals surface area contributed by atoms with E-state index in [-0.39, 0.29) is 24.1 Å². The maximum atomic E-state index is 15.6. The second-order valence-electron chi connectivity index (χ2n) is 9.44. The molecule has 35 heavy (non-hydrogen) atoms. The number of amides is 1. The third-order valence-corrected chi connectivity index (χ3v) is 8.28. The van der Waals surface area contributed by atoms with E-state index in [1.807, 2.05) is 0 Å². The summed E-state index contributed by atoms with van der Waals surface area (Å²) in [5.74, 6) is -5.47. The van der Waals surface area contributed by atoms with Crippen molar-refractivity contribution in [3.8, 4) is 11.1 Å². The van der Waals surface area contributed by atoms with Crippen molar-refractivity contribution in [2.75, 3.05) is 13.2 Å². The van der Waals surface area contributed by atoms with E-state index in [1.54, 1.807) is 30.3 Å². The SMILES string of the molecule is O=C([C@H]1CCO1)N1CC2(CC2)[C@H](NS(=O)(=O)C(F)F)[C@@H]1Cc1cc(F)cc(-c2ccccc2)c1F. The van der Waals surface area contributed by atoms with Crippen molar-refractivity contribution in [2.45, 2.75) is 49.6 Å². The van der Waals surface area contributed by atoms with Gasteiger partial charge in [0.2, 0.25) is 0 Å². The van der Waals surface area contributed by atoms with Crippen molar-refractivity contribution in [1.29, 1.82) is 0 Å². The second kappa shape index (κ2) is 8.86. The molecule has 11 heteroatoms. The molecule has 0 aromatic heterocycles. The van der Waals surface area contributed by atoms with Gasteiger partial charge in [-0.3, -0.25) is 4.79 Å². The van der Waals surface area contributed by atoms with E-state index in [9.17, 15) is 26.4 Å². The van der Waals surface area contributed by atoms with Gasteiger partial charge in [0.15, 0.2) is 0 Å². The molecule has 188 valence electrons. The number of benzene rings is 2. The zero-order valence-corrected chi connectivity index (χ0v) is 19.4. The minimum atomic E-state index is -4.99. The van der Waals surface area contributed by atoms with E-state index in [4.69, 9.17) is 4.74 Å². The van der Waals surface area contributed by atoms with Crippen LogP contribution in [0.2, 0.25) is 0 Å². The molecular weight excluding hydrogens is 488 g/mol. The van der Waals surface area contributed by atoms with Crippen LogP contribution in [0.5, 0.6) is 0 Å². The summed E-state index contributed by atoms with van der Waals surface area (Å²) in [6.45, 7) is 0.537. The molecule has 2 aromatic rings. The number of sulfonamides is 1. The number of ether oxygens (including phenoxy) is 1. The van der Waals surface area contributed by atoms with Crippen LogP contribution < -0.4 is 4.72 Å². The first-order valence-corrected chi connectivity index (χ1v) is 12.9. The highest BCUT2D eigenvalue weighted by Crippen LogP contribution is 2.56. The number of hydrogen-bond acceptors (Lipinski definition) is 4. The number of nitrogens with zero attached hydrogens (tertiary/aromatic N) is 1. The van der Waals surface area contributed by atoms with E-state index < -0.39 is 56.9 Å². The van der Waals surface area contributed by atoms with Crippen molar-refractivity contribution >= 4 is 15.9 Å². The van der Waals surface area contributed by atoms with Crippen LogP contribution in [-0.2, 0) is 26.0 Å². The molecule has 3 atom stereocenters. The largest absolute Gasteiger partial charge is 0.368 e. The molecule has 2 heterocycles. The topological polar surface area (TPSA) is 75.7 Å². The molecule has 0 radical (unpaired) electrons. The van der Waals surface area contributed by atoms with E-state index in [1.165, 1.54) is 4.90 Å². The lowest BCUT2D eigenvalue weighted by atomic mass is 9.91.